The number of benzene rings is 1. The molecule has 0 unspecified atom stereocenters. The van der Waals surface area contributed by atoms with Crippen molar-refractivity contribution in [2.75, 3.05) is 0 Å². The van der Waals surface area contributed by atoms with Gasteiger partial charge in [-0.1, -0.05) is 30.3 Å². The Labute approximate surface area is 101 Å². The first-order valence-corrected chi connectivity index (χ1v) is 5.46. The Morgan fingerprint density at radius 3 is 2.72 bits per heavy atom. The molecule has 0 aliphatic carbocycles. The van der Waals surface area contributed by atoms with Crippen LogP contribution in [0.3, 0.4) is 0 Å². The van der Waals surface area contributed by atoms with E-state index in [9.17, 15) is 9.59 Å². The Balaban J connectivity index is 2.21. The average Bonchev–Trinajstić information content (AvgIpc) is 2.85. The molecule has 6 heteroatoms. The predicted octanol–water partition coefficient (Wildman–Crippen LogP) is 0.461. The lowest BCUT2D eigenvalue weighted by Crippen LogP contribution is -2.30. The number of H-pyrrole nitrogens is 2. The van der Waals surface area contributed by atoms with Gasteiger partial charge in [-0.15, -0.1) is 0 Å². The highest BCUT2D eigenvalue weighted by molar-refractivity contribution is 5.68. The van der Waals surface area contributed by atoms with Crippen LogP contribution in [0.2, 0.25) is 0 Å². The van der Waals surface area contributed by atoms with E-state index in [-0.39, 0.29) is 0 Å². The van der Waals surface area contributed by atoms with Gasteiger partial charge in [0.2, 0.25) is 0 Å². The average molecular weight is 242 g/mol. The molecule has 3 aromatic rings. The van der Waals surface area contributed by atoms with Crippen LogP contribution in [-0.4, -0.2) is 19.5 Å². The number of aromatic amines is 2. The maximum atomic E-state index is 11.8. The zero-order chi connectivity index (χ0) is 12.5. The van der Waals surface area contributed by atoms with Gasteiger partial charge in [-0.3, -0.25) is 14.3 Å². The van der Waals surface area contributed by atoms with Crippen molar-refractivity contribution in [3.8, 4) is 0 Å². The standard InChI is InChI=1S/C12H10N4O2/c17-11-9-10(14-7-13-9)16(12(18)15-11)6-8-4-2-1-3-5-8/h1-5,7H,6H2,(H,13,14)(H,15,17,18). The fourth-order valence-electron chi connectivity index (χ4n) is 1.89. The summed E-state index contributed by atoms with van der Waals surface area (Å²) in [5.41, 5.74) is 0.745. The van der Waals surface area contributed by atoms with Gasteiger partial charge in [0, 0.05) is 0 Å². The Morgan fingerprint density at radius 1 is 1.17 bits per heavy atom. The van der Waals surface area contributed by atoms with Gasteiger partial charge >= 0.3 is 5.69 Å². The predicted molar refractivity (Wildman–Crippen MR) is 66.5 cm³/mol. The number of aromatic nitrogens is 4. The normalized spacial score (nSPS) is 10.9. The zero-order valence-corrected chi connectivity index (χ0v) is 9.38. The van der Waals surface area contributed by atoms with Crippen LogP contribution in [0, 0.1) is 0 Å². The van der Waals surface area contributed by atoms with E-state index in [2.05, 4.69) is 15.0 Å². The largest absolute Gasteiger partial charge is 0.339 e. The lowest BCUT2D eigenvalue weighted by molar-refractivity contribution is 0.748. The lowest BCUT2D eigenvalue weighted by atomic mass is 10.2. The SMILES string of the molecule is O=c1[nH]c(=O)n(Cc2ccccc2)c2nc[nH]c12. The molecule has 0 spiro atoms. The second kappa shape index (κ2) is 3.99. The molecule has 2 aromatic heterocycles. The molecule has 3 rings (SSSR count). The molecule has 90 valence electrons. The lowest BCUT2D eigenvalue weighted by Gasteiger charge is -2.05. The number of nitrogens with one attached hydrogen (secondary N) is 2. The van der Waals surface area contributed by atoms with Crippen molar-refractivity contribution in [3.05, 3.63) is 63.1 Å². The van der Waals surface area contributed by atoms with Crippen LogP contribution in [0.5, 0.6) is 0 Å². The van der Waals surface area contributed by atoms with Crippen molar-refractivity contribution in [1.29, 1.82) is 0 Å². The smallest absolute Gasteiger partial charge is 0.330 e. The Bertz CT molecular complexity index is 798. The number of hydrogen-bond acceptors (Lipinski definition) is 3. The molecule has 2 heterocycles. The van der Waals surface area contributed by atoms with E-state index in [1.165, 1.54) is 10.9 Å². The van der Waals surface area contributed by atoms with Gasteiger partial charge in [0.05, 0.1) is 12.9 Å². The number of hydrogen-bond donors (Lipinski definition) is 2. The van der Waals surface area contributed by atoms with E-state index in [0.717, 1.165) is 5.56 Å². The molecular weight excluding hydrogens is 232 g/mol. The Morgan fingerprint density at radius 2 is 1.94 bits per heavy atom. The van der Waals surface area contributed by atoms with E-state index in [4.69, 9.17) is 0 Å². The minimum absolute atomic E-state index is 0.311. The maximum absolute atomic E-state index is 11.8. The topological polar surface area (TPSA) is 83.5 Å². The van der Waals surface area contributed by atoms with Crippen molar-refractivity contribution >= 4 is 11.2 Å². The first-order valence-electron chi connectivity index (χ1n) is 5.46. The first-order chi connectivity index (χ1) is 8.75. The van der Waals surface area contributed by atoms with Crippen LogP contribution in [0.1, 0.15) is 5.56 Å². The van der Waals surface area contributed by atoms with E-state index >= 15 is 0 Å². The fraction of sp³-hybridized carbons (Fsp3) is 0.0833. The number of rotatable bonds is 2. The summed E-state index contributed by atoms with van der Waals surface area (Å²) in [6, 6.07) is 9.52. The summed E-state index contributed by atoms with van der Waals surface area (Å²) < 4.78 is 1.43. The van der Waals surface area contributed by atoms with Gasteiger partial charge < -0.3 is 4.98 Å². The highest BCUT2D eigenvalue weighted by Crippen LogP contribution is 2.05. The Kier molecular flexibility index (Phi) is 2.33. The molecule has 0 fully saturated rings. The molecule has 1 aromatic carbocycles. The van der Waals surface area contributed by atoms with E-state index < -0.39 is 11.2 Å². The Hall–Kier alpha value is -2.63. The van der Waals surface area contributed by atoms with Gasteiger partial charge in [-0.25, -0.2) is 9.78 Å². The summed E-state index contributed by atoms with van der Waals surface area (Å²) in [5, 5.41) is 0. The third-order valence-corrected chi connectivity index (χ3v) is 2.75. The molecule has 0 radical (unpaired) electrons. The molecule has 2 N–H and O–H groups in total. The summed E-state index contributed by atoms with van der Waals surface area (Å²) in [7, 11) is 0. The molecule has 0 atom stereocenters. The summed E-state index contributed by atoms with van der Waals surface area (Å²) in [6.07, 6.45) is 1.40. The quantitative estimate of drug-likeness (QED) is 0.684. The van der Waals surface area contributed by atoms with Crippen molar-refractivity contribution in [3.63, 3.8) is 0 Å². The molecule has 0 saturated heterocycles. The highest BCUT2D eigenvalue weighted by Gasteiger charge is 2.09. The summed E-state index contributed by atoms with van der Waals surface area (Å²) in [5.74, 6) is 0. The van der Waals surface area contributed by atoms with Crippen LogP contribution in [-0.2, 0) is 6.54 Å². The van der Waals surface area contributed by atoms with Crippen LogP contribution in [0.4, 0.5) is 0 Å². The fourth-order valence-corrected chi connectivity index (χ4v) is 1.89. The highest BCUT2D eigenvalue weighted by atomic mass is 16.2. The molecular formula is C12H10N4O2. The third-order valence-electron chi connectivity index (χ3n) is 2.75. The maximum Gasteiger partial charge on any atom is 0.330 e. The van der Waals surface area contributed by atoms with Gasteiger partial charge in [0.25, 0.3) is 5.56 Å². The van der Waals surface area contributed by atoms with Crippen molar-refractivity contribution in [1.82, 2.24) is 19.5 Å². The molecule has 0 saturated carbocycles. The van der Waals surface area contributed by atoms with Gasteiger partial charge in [0.1, 0.15) is 5.52 Å². The van der Waals surface area contributed by atoms with Crippen molar-refractivity contribution < 1.29 is 0 Å². The van der Waals surface area contributed by atoms with Crippen LogP contribution in [0.25, 0.3) is 11.2 Å². The molecule has 18 heavy (non-hydrogen) atoms. The van der Waals surface area contributed by atoms with Crippen LogP contribution >= 0.6 is 0 Å². The van der Waals surface area contributed by atoms with Crippen LogP contribution < -0.4 is 11.2 Å². The summed E-state index contributed by atoms with van der Waals surface area (Å²) in [4.78, 5) is 32.4. The number of imidazole rings is 1. The van der Waals surface area contributed by atoms with Crippen molar-refractivity contribution in [2.45, 2.75) is 6.54 Å². The van der Waals surface area contributed by atoms with Gasteiger partial charge in [-0.05, 0) is 5.56 Å². The molecule has 0 bridgehead atoms. The zero-order valence-electron chi connectivity index (χ0n) is 9.38. The summed E-state index contributed by atoms with van der Waals surface area (Å²) in [6.45, 7) is 0.373. The number of fused-ring (bicyclic) bond motifs is 1. The van der Waals surface area contributed by atoms with E-state index in [1.807, 2.05) is 30.3 Å². The molecule has 6 nitrogen and oxygen atoms in total. The minimum atomic E-state index is -0.455. The second-order valence-electron chi connectivity index (χ2n) is 3.93. The summed E-state index contributed by atoms with van der Waals surface area (Å²) >= 11 is 0. The van der Waals surface area contributed by atoms with E-state index in [0.29, 0.717) is 17.7 Å². The first kappa shape index (κ1) is 10.5. The monoisotopic (exact) mass is 242 g/mol. The third kappa shape index (κ3) is 1.64. The van der Waals surface area contributed by atoms with Gasteiger partial charge in [-0.2, -0.15) is 0 Å². The van der Waals surface area contributed by atoms with E-state index in [1.54, 1.807) is 0 Å². The molecule has 0 amide bonds. The minimum Gasteiger partial charge on any atom is -0.339 e. The molecule has 0 aliphatic heterocycles. The molecule has 0 aliphatic rings. The van der Waals surface area contributed by atoms with Crippen molar-refractivity contribution in [2.24, 2.45) is 0 Å². The number of nitrogens with zero attached hydrogens (tertiary/aromatic N) is 2. The van der Waals surface area contributed by atoms with Crippen LogP contribution in [0.15, 0.2) is 46.2 Å². The van der Waals surface area contributed by atoms with Gasteiger partial charge in [0.15, 0.2) is 5.65 Å². The second-order valence-corrected chi connectivity index (χ2v) is 3.93.